The first-order chi connectivity index (χ1) is 9.95. The molecule has 21 heavy (non-hydrogen) atoms. The van der Waals surface area contributed by atoms with Gasteiger partial charge in [-0.05, 0) is 30.3 Å². The summed E-state index contributed by atoms with van der Waals surface area (Å²) >= 11 is 3.32. The number of carbonyl (C=O) groups is 1. The topological polar surface area (TPSA) is 75.8 Å². The lowest BCUT2D eigenvalue weighted by Crippen LogP contribution is -2.27. The van der Waals surface area contributed by atoms with E-state index < -0.39 is 0 Å². The van der Waals surface area contributed by atoms with Crippen molar-refractivity contribution in [2.75, 3.05) is 24.8 Å². The molecule has 2 aromatic carbocycles. The van der Waals surface area contributed by atoms with Crippen molar-refractivity contribution in [1.29, 1.82) is 0 Å². The maximum absolute atomic E-state index is 12.5. The van der Waals surface area contributed by atoms with Crippen LogP contribution in [0.1, 0.15) is 10.4 Å². The molecule has 2 aromatic rings. The molecule has 0 heterocycles. The van der Waals surface area contributed by atoms with Crippen LogP contribution in [0.2, 0.25) is 0 Å². The summed E-state index contributed by atoms with van der Waals surface area (Å²) in [4.78, 5) is 13.9. The Hall–Kier alpha value is -2.21. The first-order valence-electron chi connectivity index (χ1n) is 6.14. The summed E-state index contributed by atoms with van der Waals surface area (Å²) in [5, 5.41) is 10.1. The Morgan fingerprint density at radius 3 is 2.67 bits per heavy atom. The summed E-state index contributed by atoms with van der Waals surface area (Å²) in [5.41, 5.74) is 7.09. The quantitative estimate of drug-likeness (QED) is 0.834. The molecule has 0 atom stereocenters. The van der Waals surface area contributed by atoms with Gasteiger partial charge in [0.2, 0.25) is 0 Å². The summed E-state index contributed by atoms with van der Waals surface area (Å²) in [5.74, 6) is -0.314. The minimum atomic E-state index is -0.375. The highest BCUT2D eigenvalue weighted by molar-refractivity contribution is 9.10. The third kappa shape index (κ3) is 2.95. The zero-order chi connectivity index (χ0) is 15.6. The highest BCUT2D eigenvalue weighted by Crippen LogP contribution is 2.32. The molecule has 0 unspecified atom stereocenters. The van der Waals surface area contributed by atoms with Crippen LogP contribution in [-0.4, -0.2) is 25.2 Å². The monoisotopic (exact) mass is 350 g/mol. The summed E-state index contributed by atoms with van der Waals surface area (Å²) < 4.78 is 5.84. The molecule has 0 radical (unpaired) electrons. The van der Waals surface area contributed by atoms with Crippen molar-refractivity contribution in [3.8, 4) is 11.5 Å². The minimum absolute atomic E-state index is 0.152. The van der Waals surface area contributed by atoms with Gasteiger partial charge in [0, 0.05) is 11.5 Å². The van der Waals surface area contributed by atoms with Crippen LogP contribution in [0.5, 0.6) is 11.5 Å². The molecule has 0 saturated heterocycles. The maximum atomic E-state index is 12.5. The highest BCUT2D eigenvalue weighted by Gasteiger charge is 2.20. The average molecular weight is 351 g/mol. The number of rotatable bonds is 3. The van der Waals surface area contributed by atoms with Crippen molar-refractivity contribution in [2.45, 2.75) is 0 Å². The fourth-order valence-electron chi connectivity index (χ4n) is 1.98. The number of nitrogens with two attached hydrogens (primary N) is 1. The Balaban J connectivity index is 2.40. The van der Waals surface area contributed by atoms with Gasteiger partial charge in [-0.15, -0.1) is 0 Å². The molecule has 2 rings (SSSR count). The van der Waals surface area contributed by atoms with Crippen molar-refractivity contribution in [3.63, 3.8) is 0 Å². The van der Waals surface area contributed by atoms with Gasteiger partial charge in [0.1, 0.15) is 0 Å². The SMILES string of the molecule is COc1cccc(C(=O)N(C)c2ccc(Br)cc2N)c1O. The van der Waals surface area contributed by atoms with E-state index in [1.807, 2.05) is 0 Å². The van der Waals surface area contributed by atoms with Crippen LogP contribution in [-0.2, 0) is 0 Å². The van der Waals surface area contributed by atoms with E-state index >= 15 is 0 Å². The van der Waals surface area contributed by atoms with E-state index in [9.17, 15) is 9.90 Å². The van der Waals surface area contributed by atoms with Gasteiger partial charge in [0.15, 0.2) is 11.5 Å². The fraction of sp³-hybridized carbons (Fsp3) is 0.133. The number of aromatic hydroxyl groups is 1. The molecular formula is C15H15BrN2O3. The lowest BCUT2D eigenvalue weighted by Gasteiger charge is -2.20. The van der Waals surface area contributed by atoms with Gasteiger partial charge < -0.3 is 20.5 Å². The number of hydrogen-bond acceptors (Lipinski definition) is 4. The summed E-state index contributed by atoms with van der Waals surface area (Å²) in [6.07, 6.45) is 0. The Labute approximate surface area is 131 Å². The number of benzene rings is 2. The van der Waals surface area contributed by atoms with Gasteiger partial charge in [-0.1, -0.05) is 22.0 Å². The van der Waals surface area contributed by atoms with Gasteiger partial charge in [0.25, 0.3) is 5.91 Å². The number of amides is 1. The lowest BCUT2D eigenvalue weighted by molar-refractivity contribution is 0.0990. The first-order valence-corrected chi connectivity index (χ1v) is 6.94. The van der Waals surface area contributed by atoms with Crippen LogP contribution in [0.3, 0.4) is 0 Å². The van der Waals surface area contributed by atoms with Crippen LogP contribution < -0.4 is 15.4 Å². The molecule has 0 aliphatic heterocycles. The first kappa shape index (κ1) is 15.2. The van der Waals surface area contributed by atoms with E-state index in [0.717, 1.165) is 4.47 Å². The smallest absolute Gasteiger partial charge is 0.261 e. The van der Waals surface area contributed by atoms with Crippen molar-refractivity contribution < 1.29 is 14.6 Å². The van der Waals surface area contributed by atoms with Gasteiger partial charge in [-0.3, -0.25) is 4.79 Å². The van der Waals surface area contributed by atoms with E-state index in [0.29, 0.717) is 11.4 Å². The van der Waals surface area contributed by atoms with E-state index in [-0.39, 0.29) is 23.0 Å². The number of nitrogen functional groups attached to an aromatic ring is 1. The third-order valence-electron chi connectivity index (χ3n) is 3.10. The zero-order valence-electron chi connectivity index (χ0n) is 11.6. The molecule has 0 aliphatic carbocycles. The van der Waals surface area contributed by atoms with Crippen LogP contribution in [0.25, 0.3) is 0 Å². The Kier molecular flexibility index (Phi) is 4.37. The molecule has 110 valence electrons. The number of carbonyl (C=O) groups excluding carboxylic acids is 1. The van der Waals surface area contributed by atoms with Gasteiger partial charge >= 0.3 is 0 Å². The molecule has 1 amide bonds. The fourth-order valence-corrected chi connectivity index (χ4v) is 2.36. The lowest BCUT2D eigenvalue weighted by atomic mass is 10.1. The number of methoxy groups -OCH3 is 1. The number of nitrogens with zero attached hydrogens (tertiary/aromatic N) is 1. The second-order valence-corrected chi connectivity index (χ2v) is 5.34. The molecule has 0 fully saturated rings. The standard InChI is InChI=1S/C15H15BrN2O3/c1-18(12-7-6-9(16)8-11(12)17)15(20)10-4-3-5-13(21-2)14(10)19/h3-8,19H,17H2,1-2H3. The molecule has 6 heteroatoms. The summed E-state index contributed by atoms with van der Waals surface area (Å²) in [6.45, 7) is 0. The van der Waals surface area contributed by atoms with Crippen molar-refractivity contribution >= 4 is 33.2 Å². The second kappa shape index (κ2) is 6.05. The number of halogens is 1. The normalized spacial score (nSPS) is 10.2. The molecule has 0 spiro atoms. The van der Waals surface area contributed by atoms with Crippen LogP contribution in [0, 0.1) is 0 Å². The van der Waals surface area contributed by atoms with E-state index in [1.165, 1.54) is 18.1 Å². The van der Waals surface area contributed by atoms with Crippen LogP contribution in [0.15, 0.2) is 40.9 Å². The van der Waals surface area contributed by atoms with Crippen molar-refractivity contribution in [3.05, 3.63) is 46.4 Å². The maximum Gasteiger partial charge on any atom is 0.261 e. The molecule has 0 bridgehead atoms. The third-order valence-corrected chi connectivity index (χ3v) is 3.60. The average Bonchev–Trinajstić information content (AvgIpc) is 2.46. The summed E-state index contributed by atoms with van der Waals surface area (Å²) in [6, 6.07) is 10.00. The summed E-state index contributed by atoms with van der Waals surface area (Å²) in [7, 11) is 3.03. The second-order valence-electron chi connectivity index (χ2n) is 4.42. The zero-order valence-corrected chi connectivity index (χ0v) is 13.2. The van der Waals surface area contributed by atoms with Crippen LogP contribution >= 0.6 is 15.9 Å². The molecule has 5 nitrogen and oxygen atoms in total. The minimum Gasteiger partial charge on any atom is -0.504 e. The van der Waals surface area contributed by atoms with Crippen molar-refractivity contribution in [1.82, 2.24) is 0 Å². The van der Waals surface area contributed by atoms with Crippen molar-refractivity contribution in [2.24, 2.45) is 0 Å². The predicted molar refractivity (Wildman–Crippen MR) is 85.9 cm³/mol. The van der Waals surface area contributed by atoms with E-state index in [4.69, 9.17) is 10.5 Å². The van der Waals surface area contributed by atoms with Crippen LogP contribution in [0.4, 0.5) is 11.4 Å². The highest BCUT2D eigenvalue weighted by atomic mass is 79.9. The van der Waals surface area contributed by atoms with Gasteiger partial charge in [-0.25, -0.2) is 0 Å². The Bertz CT molecular complexity index is 689. The number of anilines is 2. The predicted octanol–water partition coefficient (Wildman–Crippen LogP) is 3.02. The Morgan fingerprint density at radius 1 is 1.33 bits per heavy atom. The molecule has 0 aliphatic rings. The number of ether oxygens (including phenoxy) is 1. The van der Waals surface area contributed by atoms with E-state index in [1.54, 1.807) is 37.4 Å². The van der Waals surface area contributed by atoms with Gasteiger partial charge in [-0.2, -0.15) is 0 Å². The van der Waals surface area contributed by atoms with E-state index in [2.05, 4.69) is 15.9 Å². The Morgan fingerprint density at radius 2 is 2.05 bits per heavy atom. The molecule has 0 saturated carbocycles. The molecule has 3 N–H and O–H groups in total. The molecular weight excluding hydrogens is 336 g/mol. The molecule has 0 aromatic heterocycles. The number of phenolic OH excluding ortho intramolecular Hbond substituents is 1. The number of para-hydroxylation sites is 1. The van der Waals surface area contributed by atoms with Gasteiger partial charge in [0.05, 0.1) is 24.0 Å². The number of hydrogen-bond donors (Lipinski definition) is 2. The number of phenols is 1. The largest absolute Gasteiger partial charge is 0.504 e.